The molecule has 2 heterocycles. The Hall–Kier alpha value is -1.76. The minimum atomic E-state index is -0.242. The van der Waals surface area contributed by atoms with E-state index in [1.165, 1.54) is 10.9 Å². The topological polar surface area (TPSA) is 97.0 Å². The van der Waals surface area contributed by atoms with Crippen LogP contribution >= 0.6 is 0 Å². The van der Waals surface area contributed by atoms with E-state index in [4.69, 9.17) is 5.73 Å². The fourth-order valence-corrected chi connectivity index (χ4v) is 1.66. The summed E-state index contributed by atoms with van der Waals surface area (Å²) < 4.78 is 1.51. The van der Waals surface area contributed by atoms with Crippen LogP contribution in [-0.2, 0) is 7.05 Å². The Morgan fingerprint density at radius 1 is 1.75 bits per heavy atom. The Balaban J connectivity index is 1.89. The molecular formula is C9H16N6O. The molecule has 88 valence electrons. The number of hydrogen-bond acceptors (Lipinski definition) is 4. The van der Waals surface area contributed by atoms with Crippen LogP contribution in [0.1, 0.15) is 6.42 Å². The van der Waals surface area contributed by atoms with Crippen LogP contribution in [0.15, 0.2) is 6.20 Å². The number of aryl methyl sites for hydroxylation is 1. The van der Waals surface area contributed by atoms with Crippen molar-refractivity contribution in [2.45, 2.75) is 12.5 Å². The van der Waals surface area contributed by atoms with E-state index in [1.54, 1.807) is 7.05 Å². The molecule has 16 heavy (non-hydrogen) atoms. The summed E-state index contributed by atoms with van der Waals surface area (Å²) in [6, 6.07) is -0.0497. The van der Waals surface area contributed by atoms with Crippen LogP contribution in [0.3, 0.4) is 0 Å². The summed E-state index contributed by atoms with van der Waals surface area (Å²) in [6.45, 7) is 1.76. The molecule has 5 N–H and O–H groups in total. The number of hydrogen-bond donors (Lipinski definition) is 4. The van der Waals surface area contributed by atoms with Gasteiger partial charge in [0, 0.05) is 19.6 Å². The zero-order valence-corrected chi connectivity index (χ0v) is 9.16. The highest BCUT2D eigenvalue weighted by molar-refractivity contribution is 5.92. The Morgan fingerprint density at radius 2 is 2.56 bits per heavy atom. The maximum atomic E-state index is 11.6. The molecule has 1 saturated heterocycles. The monoisotopic (exact) mass is 224 g/mol. The lowest BCUT2D eigenvalue weighted by Crippen LogP contribution is -2.39. The maximum Gasteiger partial charge on any atom is 0.319 e. The number of rotatable bonds is 2. The van der Waals surface area contributed by atoms with Crippen LogP contribution in [0.5, 0.6) is 0 Å². The van der Waals surface area contributed by atoms with Gasteiger partial charge in [-0.15, -0.1) is 0 Å². The molecule has 0 aromatic carbocycles. The number of carbonyl (C=O) groups excluding carboxylic acids is 1. The number of anilines is 2. The van der Waals surface area contributed by atoms with Gasteiger partial charge in [-0.25, -0.2) is 4.79 Å². The molecular weight excluding hydrogens is 208 g/mol. The predicted octanol–water partition coefficient (Wildman–Crippen LogP) is -0.514. The minimum Gasteiger partial charge on any atom is -0.382 e. The van der Waals surface area contributed by atoms with Crippen molar-refractivity contribution >= 4 is 17.5 Å². The summed E-state index contributed by atoms with van der Waals surface area (Å²) in [5.41, 5.74) is 6.24. The van der Waals surface area contributed by atoms with Crippen molar-refractivity contribution in [1.82, 2.24) is 20.4 Å². The quantitative estimate of drug-likeness (QED) is 0.543. The lowest BCUT2D eigenvalue weighted by molar-refractivity contribution is 0.249. The van der Waals surface area contributed by atoms with Gasteiger partial charge in [0.05, 0.1) is 6.20 Å². The number of nitrogens with zero attached hydrogens (tertiary/aromatic N) is 2. The third-order valence-corrected chi connectivity index (χ3v) is 2.63. The summed E-state index contributed by atoms with van der Waals surface area (Å²) in [6.07, 6.45) is 2.48. The highest BCUT2D eigenvalue weighted by Gasteiger charge is 2.17. The second-order valence-electron chi connectivity index (χ2n) is 3.86. The number of urea groups is 1. The van der Waals surface area contributed by atoms with Gasteiger partial charge in [-0.3, -0.25) is 4.68 Å². The third-order valence-electron chi connectivity index (χ3n) is 2.63. The fourth-order valence-electron chi connectivity index (χ4n) is 1.66. The van der Waals surface area contributed by atoms with Crippen LogP contribution in [-0.4, -0.2) is 34.9 Å². The van der Waals surface area contributed by atoms with Crippen molar-refractivity contribution in [3.8, 4) is 0 Å². The number of aromatic nitrogens is 2. The van der Waals surface area contributed by atoms with Gasteiger partial charge in [-0.05, 0) is 13.0 Å². The summed E-state index contributed by atoms with van der Waals surface area (Å²) in [7, 11) is 1.72. The maximum absolute atomic E-state index is 11.6. The van der Waals surface area contributed by atoms with Crippen LogP contribution < -0.4 is 21.7 Å². The molecule has 1 unspecified atom stereocenters. The fraction of sp³-hybridized carbons (Fsp3) is 0.556. The molecule has 0 aliphatic carbocycles. The smallest absolute Gasteiger partial charge is 0.319 e. The first-order valence-electron chi connectivity index (χ1n) is 5.22. The number of nitrogen functional groups attached to an aromatic ring is 1. The Labute approximate surface area is 93.4 Å². The van der Waals surface area contributed by atoms with Crippen LogP contribution in [0.2, 0.25) is 0 Å². The molecule has 1 fully saturated rings. The summed E-state index contributed by atoms with van der Waals surface area (Å²) in [4.78, 5) is 11.6. The Morgan fingerprint density at radius 3 is 3.12 bits per heavy atom. The van der Waals surface area contributed by atoms with Gasteiger partial charge < -0.3 is 21.7 Å². The van der Waals surface area contributed by atoms with E-state index >= 15 is 0 Å². The van der Waals surface area contributed by atoms with Gasteiger partial charge in [0.1, 0.15) is 11.5 Å². The first-order chi connectivity index (χ1) is 7.66. The van der Waals surface area contributed by atoms with Crippen molar-refractivity contribution in [1.29, 1.82) is 0 Å². The van der Waals surface area contributed by atoms with Crippen molar-refractivity contribution in [3.63, 3.8) is 0 Å². The van der Waals surface area contributed by atoms with Gasteiger partial charge in [0.2, 0.25) is 0 Å². The van der Waals surface area contributed by atoms with E-state index in [0.717, 1.165) is 19.5 Å². The van der Waals surface area contributed by atoms with Crippen LogP contribution in [0.25, 0.3) is 0 Å². The molecule has 0 bridgehead atoms. The van der Waals surface area contributed by atoms with Crippen molar-refractivity contribution in [2.75, 3.05) is 24.1 Å². The molecule has 1 aromatic heterocycles. The first kappa shape index (κ1) is 10.7. The lowest BCUT2D eigenvalue weighted by Gasteiger charge is -2.11. The van der Waals surface area contributed by atoms with Gasteiger partial charge >= 0.3 is 6.03 Å². The normalized spacial score (nSPS) is 19.7. The average molecular weight is 224 g/mol. The molecule has 2 rings (SSSR count). The van der Waals surface area contributed by atoms with Crippen molar-refractivity contribution in [2.24, 2.45) is 7.05 Å². The number of amides is 2. The van der Waals surface area contributed by atoms with E-state index in [0.29, 0.717) is 11.5 Å². The van der Waals surface area contributed by atoms with E-state index in [9.17, 15) is 4.79 Å². The van der Waals surface area contributed by atoms with Crippen molar-refractivity contribution in [3.05, 3.63) is 6.20 Å². The number of nitrogens with one attached hydrogen (secondary N) is 3. The summed E-state index contributed by atoms with van der Waals surface area (Å²) in [5.74, 6) is 0.444. The molecule has 1 aromatic rings. The zero-order chi connectivity index (χ0) is 11.5. The van der Waals surface area contributed by atoms with Crippen molar-refractivity contribution < 1.29 is 4.79 Å². The molecule has 7 nitrogen and oxygen atoms in total. The predicted molar refractivity (Wildman–Crippen MR) is 61.0 cm³/mol. The highest BCUT2D eigenvalue weighted by atomic mass is 16.2. The third kappa shape index (κ3) is 2.25. The Bertz CT molecular complexity index is 381. The van der Waals surface area contributed by atoms with E-state index in [1.807, 2.05) is 0 Å². The van der Waals surface area contributed by atoms with Gasteiger partial charge in [0.25, 0.3) is 0 Å². The molecule has 0 radical (unpaired) electrons. The SMILES string of the molecule is Cn1ncc(NC(=O)NC2CCNC2)c1N. The molecule has 1 atom stereocenters. The first-order valence-corrected chi connectivity index (χ1v) is 5.22. The van der Waals surface area contributed by atoms with Gasteiger partial charge in [-0.2, -0.15) is 5.10 Å². The number of nitrogens with two attached hydrogens (primary N) is 1. The minimum absolute atomic E-state index is 0.192. The molecule has 0 spiro atoms. The van der Waals surface area contributed by atoms with Gasteiger partial charge in [0.15, 0.2) is 0 Å². The lowest BCUT2D eigenvalue weighted by atomic mass is 10.3. The second-order valence-corrected chi connectivity index (χ2v) is 3.86. The second kappa shape index (κ2) is 4.40. The Kier molecular flexibility index (Phi) is 2.95. The summed E-state index contributed by atoms with van der Waals surface area (Å²) in [5, 5.41) is 12.6. The molecule has 1 aliphatic heterocycles. The highest BCUT2D eigenvalue weighted by Crippen LogP contribution is 2.15. The van der Waals surface area contributed by atoms with E-state index in [-0.39, 0.29) is 12.1 Å². The van der Waals surface area contributed by atoms with Crippen LogP contribution in [0.4, 0.5) is 16.3 Å². The molecule has 0 saturated carbocycles. The van der Waals surface area contributed by atoms with E-state index < -0.39 is 0 Å². The largest absolute Gasteiger partial charge is 0.382 e. The zero-order valence-electron chi connectivity index (χ0n) is 9.16. The van der Waals surface area contributed by atoms with E-state index in [2.05, 4.69) is 21.0 Å². The standard InChI is InChI=1S/C9H16N6O/c1-15-8(10)7(5-12-15)14-9(16)13-6-2-3-11-4-6/h5-6,11H,2-4,10H2,1H3,(H2,13,14,16). The van der Waals surface area contributed by atoms with Crippen LogP contribution in [0, 0.1) is 0 Å². The molecule has 1 aliphatic rings. The molecule has 7 heteroatoms. The summed E-state index contributed by atoms with van der Waals surface area (Å²) >= 11 is 0. The van der Waals surface area contributed by atoms with Gasteiger partial charge in [-0.1, -0.05) is 0 Å². The average Bonchev–Trinajstić information content (AvgIpc) is 2.83. The number of carbonyl (C=O) groups is 1. The molecule has 2 amide bonds.